The van der Waals surface area contributed by atoms with E-state index in [0.29, 0.717) is 0 Å². The van der Waals surface area contributed by atoms with Crippen molar-refractivity contribution in [2.24, 2.45) is 0 Å². The average Bonchev–Trinajstić information content (AvgIpc) is 3.72. The summed E-state index contributed by atoms with van der Waals surface area (Å²) in [7, 11) is 0. The Morgan fingerprint density at radius 3 is 2.61 bits per heavy atom. The minimum absolute atomic E-state index is 0.0209. The normalized spacial score (nSPS) is 36.6. The van der Waals surface area contributed by atoms with Crippen LogP contribution >= 0.6 is 13.4 Å². The maximum atomic E-state index is 16.0. The van der Waals surface area contributed by atoms with Crippen LogP contribution in [0.2, 0.25) is 0 Å². The van der Waals surface area contributed by atoms with Crippen LogP contribution in [0.4, 0.5) is 16.0 Å². The van der Waals surface area contributed by atoms with E-state index in [4.69, 9.17) is 62.6 Å². The Labute approximate surface area is 255 Å². The molecule has 19 nitrogen and oxygen atoms in total. The van der Waals surface area contributed by atoms with Gasteiger partial charge >= 0.3 is 13.4 Å². The van der Waals surface area contributed by atoms with Gasteiger partial charge in [-0.1, -0.05) is 5.21 Å². The summed E-state index contributed by atoms with van der Waals surface area (Å²) in [5.74, 6) is -0.163. The van der Waals surface area contributed by atoms with Gasteiger partial charge < -0.3 is 44.3 Å². The molecule has 3 aliphatic heterocycles. The molecule has 2 bridgehead atoms. The van der Waals surface area contributed by atoms with Crippen LogP contribution in [0.5, 0.6) is 0 Å². The van der Waals surface area contributed by atoms with E-state index in [0.717, 1.165) is 4.68 Å². The second-order valence-corrected chi connectivity index (χ2v) is 15.6. The summed E-state index contributed by atoms with van der Waals surface area (Å²) in [6, 6.07) is 1.51. The maximum absolute atomic E-state index is 16.0. The molecule has 0 spiro atoms. The lowest BCUT2D eigenvalue weighted by Gasteiger charge is -2.27. The number of imidazole rings is 1. The molecule has 0 radical (unpaired) electrons. The zero-order valence-electron chi connectivity index (χ0n) is 22.0. The van der Waals surface area contributed by atoms with E-state index in [1.807, 2.05) is 0 Å². The van der Waals surface area contributed by atoms with Crippen molar-refractivity contribution in [3.05, 3.63) is 28.9 Å². The summed E-state index contributed by atoms with van der Waals surface area (Å²) in [5, 5.41) is 7.88. The smallest absolute Gasteiger partial charge is 0.325 e. The van der Waals surface area contributed by atoms with Gasteiger partial charge in [-0.05, 0) is 29.7 Å². The molecule has 4 aromatic rings. The molecule has 24 heteroatoms. The molecule has 3 saturated heterocycles. The van der Waals surface area contributed by atoms with Gasteiger partial charge in [-0.15, -0.1) is 5.10 Å². The van der Waals surface area contributed by atoms with E-state index < -0.39 is 68.6 Å². The van der Waals surface area contributed by atoms with Gasteiger partial charge in [-0.3, -0.25) is 18.9 Å². The molecule has 4 aromatic heterocycles. The van der Waals surface area contributed by atoms with Crippen molar-refractivity contribution >= 4 is 71.0 Å². The predicted octanol–water partition coefficient (Wildman–Crippen LogP) is -0.102. The third-order valence-electron chi connectivity index (χ3n) is 7.12. The SMILES string of the molecule is Nc1nc2c(ncn2[C@@H]2O[C@@H]3COP(O)(=S)O[C@@H]4C(F)[C@H](n5nnc6c(N)ccnc65)O[C@@H]4COP(O)(=S)O[C@H]2C3)c(=O)[nH]1. The lowest BCUT2D eigenvalue weighted by Crippen LogP contribution is -2.34. The molecule has 3 fully saturated rings. The quantitative estimate of drug-likeness (QED) is 0.172. The summed E-state index contributed by atoms with van der Waals surface area (Å²) >= 11 is 10.5. The van der Waals surface area contributed by atoms with E-state index in [2.05, 4.69) is 30.2 Å². The monoisotopic (exact) mass is 692 g/mol. The van der Waals surface area contributed by atoms with Crippen LogP contribution in [0.1, 0.15) is 18.9 Å². The molecule has 0 amide bonds. The van der Waals surface area contributed by atoms with Gasteiger partial charge in [0.1, 0.15) is 18.3 Å². The van der Waals surface area contributed by atoms with E-state index in [9.17, 15) is 14.6 Å². The number of hydrogen-bond donors (Lipinski definition) is 5. The first kappa shape index (κ1) is 30.1. The number of fused-ring (bicyclic) bond motifs is 5. The van der Waals surface area contributed by atoms with E-state index in [1.54, 1.807) is 0 Å². The average molecular weight is 693 g/mol. The molecule has 7 rings (SSSR count). The first-order valence-electron chi connectivity index (χ1n) is 12.8. The van der Waals surface area contributed by atoms with Crippen molar-refractivity contribution in [3.63, 3.8) is 0 Å². The van der Waals surface area contributed by atoms with Gasteiger partial charge in [0.25, 0.3) is 5.56 Å². The van der Waals surface area contributed by atoms with Crippen LogP contribution in [-0.2, 0) is 51.2 Å². The van der Waals surface area contributed by atoms with Crippen molar-refractivity contribution < 1.29 is 41.7 Å². The van der Waals surface area contributed by atoms with Gasteiger partial charge in [-0.2, -0.15) is 9.67 Å². The number of alkyl halides is 1. The van der Waals surface area contributed by atoms with Crippen LogP contribution in [0, 0.1) is 0 Å². The number of rotatable bonds is 2. The highest BCUT2D eigenvalue weighted by atomic mass is 32.5. The Bertz CT molecular complexity index is 1910. The lowest BCUT2D eigenvalue weighted by atomic mass is 10.1. The molecule has 0 aromatic carbocycles. The number of halogens is 1. The number of ether oxygens (including phenoxy) is 2. The second-order valence-electron chi connectivity index (χ2n) is 10.0. The minimum atomic E-state index is -4.13. The fourth-order valence-corrected chi connectivity index (χ4v) is 8.11. The number of H-pyrrole nitrogens is 1. The lowest BCUT2D eigenvalue weighted by molar-refractivity contribution is -0.0616. The number of nitrogens with two attached hydrogens (primary N) is 2. The Morgan fingerprint density at radius 1 is 1.02 bits per heavy atom. The highest BCUT2D eigenvalue weighted by Gasteiger charge is 2.52. The molecule has 9 atom stereocenters. The van der Waals surface area contributed by atoms with Crippen LogP contribution in [0.3, 0.4) is 0 Å². The number of pyridine rings is 1. The topological polar surface area (TPSA) is 255 Å². The van der Waals surface area contributed by atoms with E-state index in [1.165, 1.54) is 23.2 Å². The summed E-state index contributed by atoms with van der Waals surface area (Å²) in [4.78, 5) is 49.0. The third kappa shape index (κ3) is 5.44. The highest BCUT2D eigenvalue weighted by Crippen LogP contribution is 2.54. The molecule has 7 N–H and O–H groups in total. The zero-order chi connectivity index (χ0) is 31.0. The molecule has 236 valence electrons. The Hall–Kier alpha value is -2.59. The largest absolute Gasteiger partial charge is 0.397 e. The van der Waals surface area contributed by atoms with Gasteiger partial charge in [0.2, 0.25) is 5.95 Å². The summed E-state index contributed by atoms with van der Waals surface area (Å²) in [6.07, 6.45) is -6.39. The second kappa shape index (κ2) is 11.0. The fraction of sp³-hybridized carbons (Fsp3) is 0.500. The number of nitrogens with zero attached hydrogens (tertiary/aromatic N) is 7. The summed E-state index contributed by atoms with van der Waals surface area (Å²) < 4.78 is 53.0. The number of nitrogen functional groups attached to an aromatic ring is 2. The summed E-state index contributed by atoms with van der Waals surface area (Å²) in [5.41, 5.74) is 11.7. The van der Waals surface area contributed by atoms with Crippen molar-refractivity contribution in [3.8, 4) is 0 Å². The van der Waals surface area contributed by atoms with Gasteiger partial charge in [-0.25, -0.2) is 14.4 Å². The maximum Gasteiger partial charge on any atom is 0.325 e. The Balaban J connectivity index is 1.19. The Morgan fingerprint density at radius 2 is 1.80 bits per heavy atom. The standard InChI is InChI=1S/C20H23FN10O9P2S2/c21-11-14-10(38-19(11)31-15-12(28-29-31)8(22)1-2-24-15)5-36-41(33,43)39-9-3-7(4-35-42(34,44)40-14)37-18(9)30-6-25-13-16(30)26-20(23)27-17(13)32/h1-2,6-7,9-11,14,18-19H,3-5H2,(H2,22,24)(H,33,43)(H,34,44)(H3,23,26,27,32)/t7-,9-,10+,11?,14-,18+,19+,41?,42?/m0/s1. The van der Waals surface area contributed by atoms with Crippen LogP contribution in [0.15, 0.2) is 23.4 Å². The van der Waals surface area contributed by atoms with Crippen molar-refractivity contribution in [1.29, 1.82) is 0 Å². The predicted molar refractivity (Wildman–Crippen MR) is 154 cm³/mol. The first-order valence-corrected chi connectivity index (χ1v) is 18.0. The number of nitrogens with one attached hydrogen (secondary N) is 1. The van der Waals surface area contributed by atoms with Crippen molar-refractivity contribution in [2.75, 3.05) is 24.7 Å². The summed E-state index contributed by atoms with van der Waals surface area (Å²) in [6.45, 7) is -9.08. The van der Waals surface area contributed by atoms with Gasteiger partial charge in [0, 0.05) is 12.6 Å². The van der Waals surface area contributed by atoms with Gasteiger partial charge in [0.15, 0.2) is 41.0 Å². The molecule has 0 saturated carbocycles. The molecule has 3 aliphatic rings. The van der Waals surface area contributed by atoms with E-state index in [-0.39, 0.29) is 47.0 Å². The number of aromatic amines is 1. The van der Waals surface area contributed by atoms with Crippen LogP contribution in [-0.4, -0.2) is 93.1 Å². The molecular formula is C20H23FN10O9P2S2. The first-order chi connectivity index (χ1) is 20.9. The Kier molecular flexibility index (Phi) is 7.55. The molecule has 0 aliphatic carbocycles. The molecule has 3 unspecified atom stereocenters. The fourth-order valence-electron chi connectivity index (χ4n) is 5.21. The van der Waals surface area contributed by atoms with Crippen molar-refractivity contribution in [1.82, 2.24) is 39.5 Å². The van der Waals surface area contributed by atoms with Crippen molar-refractivity contribution in [2.45, 2.75) is 49.5 Å². The number of aromatic nitrogens is 8. The molecular weight excluding hydrogens is 669 g/mol. The minimum Gasteiger partial charge on any atom is -0.397 e. The zero-order valence-corrected chi connectivity index (χ0v) is 25.4. The number of hydrogen-bond acceptors (Lipinski definition) is 16. The van der Waals surface area contributed by atoms with Gasteiger partial charge in [0.05, 0.1) is 31.3 Å². The van der Waals surface area contributed by atoms with E-state index >= 15 is 4.39 Å². The van der Waals surface area contributed by atoms with Crippen LogP contribution < -0.4 is 17.0 Å². The third-order valence-corrected chi connectivity index (χ3v) is 10.3. The highest BCUT2D eigenvalue weighted by molar-refractivity contribution is 8.07. The molecule has 7 heterocycles. The van der Waals surface area contributed by atoms with Crippen LogP contribution in [0.25, 0.3) is 22.3 Å². The number of anilines is 2. The molecule has 44 heavy (non-hydrogen) atoms.